The summed E-state index contributed by atoms with van der Waals surface area (Å²) < 4.78 is 0. The molecule has 0 unspecified atom stereocenters. The Bertz CT molecular complexity index is 1190. The van der Waals surface area contributed by atoms with E-state index in [2.05, 4.69) is 21.3 Å². The molecule has 4 atom stereocenters. The zero-order valence-electron chi connectivity index (χ0n) is 23.6. The molecule has 5 amide bonds. The maximum atomic E-state index is 13.1. The summed E-state index contributed by atoms with van der Waals surface area (Å²) in [5.41, 5.74) is 12.9. The minimum Gasteiger partial charge on any atom is -0.508 e. The number of nitrogens with two attached hydrogens (primary N) is 2. The van der Waals surface area contributed by atoms with Crippen LogP contribution < -0.4 is 32.7 Å². The molecule has 0 saturated carbocycles. The van der Waals surface area contributed by atoms with Crippen molar-refractivity contribution in [3.8, 4) is 5.75 Å². The molecular weight excluding hydrogens is 528 g/mol. The van der Waals surface area contributed by atoms with Crippen molar-refractivity contribution in [3.63, 3.8) is 0 Å². The Kier molecular flexibility index (Phi) is 12.8. The molecule has 0 spiro atoms. The number of hydrogen-bond acceptors (Lipinski definition) is 7. The number of nitrogens with one attached hydrogen (secondary N) is 4. The van der Waals surface area contributed by atoms with Crippen LogP contribution in [0.1, 0.15) is 38.3 Å². The van der Waals surface area contributed by atoms with Gasteiger partial charge in [0.05, 0.1) is 12.6 Å². The van der Waals surface area contributed by atoms with Gasteiger partial charge in [-0.3, -0.25) is 24.0 Å². The molecule has 0 aliphatic carbocycles. The van der Waals surface area contributed by atoms with Crippen LogP contribution in [0, 0.1) is 5.92 Å². The number of phenols is 1. The normalized spacial score (nSPS) is 13.8. The molecule has 9 N–H and O–H groups in total. The van der Waals surface area contributed by atoms with Crippen molar-refractivity contribution in [2.45, 2.75) is 64.2 Å². The standard InChI is InChI=1S/C29H40N6O6/c1-17(2)13-23(26(31)38)35-29(41)24(15-19-7-5-4-6-8-19)34-25(37)16-32-27(39)18(3)33-28(40)22(30)14-20-9-11-21(36)12-10-20/h4-12,17-18,22-24,36H,13-16,30H2,1-3H3,(H2,31,38)(H,32,39)(H,33,40)(H,34,37)(H,35,41)/t18-,22-,23-,24-/m0/s1. The second-order valence-corrected chi connectivity index (χ2v) is 10.3. The van der Waals surface area contributed by atoms with Crippen LogP contribution in [0.15, 0.2) is 54.6 Å². The van der Waals surface area contributed by atoms with Crippen molar-refractivity contribution in [3.05, 3.63) is 65.7 Å². The van der Waals surface area contributed by atoms with Crippen LogP contribution in [-0.2, 0) is 36.8 Å². The lowest BCUT2D eigenvalue weighted by atomic mass is 10.0. The van der Waals surface area contributed by atoms with Crippen molar-refractivity contribution < 1.29 is 29.1 Å². The van der Waals surface area contributed by atoms with Gasteiger partial charge in [-0.05, 0) is 48.9 Å². The van der Waals surface area contributed by atoms with Gasteiger partial charge < -0.3 is 37.8 Å². The third-order valence-corrected chi connectivity index (χ3v) is 6.21. The van der Waals surface area contributed by atoms with Crippen LogP contribution in [0.5, 0.6) is 5.75 Å². The van der Waals surface area contributed by atoms with Gasteiger partial charge in [-0.25, -0.2) is 0 Å². The van der Waals surface area contributed by atoms with Gasteiger partial charge in [0.1, 0.15) is 23.9 Å². The van der Waals surface area contributed by atoms with Gasteiger partial charge in [-0.2, -0.15) is 0 Å². The molecule has 12 nitrogen and oxygen atoms in total. The third-order valence-electron chi connectivity index (χ3n) is 6.21. The Labute approximate surface area is 239 Å². The SMILES string of the molecule is CC(C)C[C@H](NC(=O)[C@H](Cc1ccccc1)NC(=O)CNC(=O)[C@H](C)NC(=O)[C@@H](N)Cc1ccc(O)cc1)C(N)=O. The smallest absolute Gasteiger partial charge is 0.243 e. The van der Waals surface area contributed by atoms with Crippen LogP contribution in [0.4, 0.5) is 0 Å². The molecule has 0 saturated heterocycles. The first kappa shape index (κ1) is 32.8. The van der Waals surface area contributed by atoms with E-state index in [1.165, 1.54) is 19.1 Å². The Balaban J connectivity index is 1.94. The van der Waals surface area contributed by atoms with Crippen molar-refractivity contribution >= 4 is 29.5 Å². The molecule has 2 rings (SSSR count). The van der Waals surface area contributed by atoms with Crippen LogP contribution in [0.25, 0.3) is 0 Å². The summed E-state index contributed by atoms with van der Waals surface area (Å²) >= 11 is 0. The molecule has 0 aliphatic rings. The first-order chi connectivity index (χ1) is 19.3. The van der Waals surface area contributed by atoms with Crippen LogP contribution >= 0.6 is 0 Å². The fourth-order valence-electron chi connectivity index (χ4n) is 3.98. The van der Waals surface area contributed by atoms with Gasteiger partial charge in [0.25, 0.3) is 0 Å². The van der Waals surface area contributed by atoms with Gasteiger partial charge in [-0.15, -0.1) is 0 Å². The van der Waals surface area contributed by atoms with Gasteiger partial charge in [0.2, 0.25) is 29.5 Å². The molecule has 222 valence electrons. The van der Waals surface area contributed by atoms with Crippen molar-refractivity contribution in [1.29, 1.82) is 0 Å². The summed E-state index contributed by atoms with van der Waals surface area (Å²) in [5.74, 6) is -2.90. The fraction of sp³-hybridized carbons (Fsp3) is 0.414. The maximum Gasteiger partial charge on any atom is 0.243 e. The number of aromatic hydroxyl groups is 1. The predicted octanol–water partition coefficient (Wildman–Crippen LogP) is -0.373. The highest BCUT2D eigenvalue weighted by Gasteiger charge is 2.27. The highest BCUT2D eigenvalue weighted by molar-refractivity contribution is 5.94. The molecule has 0 heterocycles. The quantitative estimate of drug-likeness (QED) is 0.152. The van der Waals surface area contributed by atoms with E-state index >= 15 is 0 Å². The molecule has 0 radical (unpaired) electrons. The molecule has 0 aromatic heterocycles. The minimum absolute atomic E-state index is 0.0918. The number of rotatable bonds is 15. The van der Waals surface area contributed by atoms with Gasteiger partial charge >= 0.3 is 0 Å². The summed E-state index contributed by atoms with van der Waals surface area (Å²) in [6.45, 7) is 4.77. The molecular formula is C29H40N6O6. The van der Waals surface area contributed by atoms with E-state index in [1.807, 2.05) is 19.9 Å². The van der Waals surface area contributed by atoms with E-state index in [4.69, 9.17) is 11.5 Å². The summed E-state index contributed by atoms with van der Waals surface area (Å²) in [4.78, 5) is 62.6. The summed E-state index contributed by atoms with van der Waals surface area (Å²) in [6.07, 6.45) is 0.678. The fourth-order valence-corrected chi connectivity index (χ4v) is 3.98. The Morgan fingerprint density at radius 3 is 1.95 bits per heavy atom. The lowest BCUT2D eigenvalue weighted by Gasteiger charge is -2.23. The van der Waals surface area contributed by atoms with E-state index in [-0.39, 0.29) is 24.5 Å². The second-order valence-electron chi connectivity index (χ2n) is 10.3. The van der Waals surface area contributed by atoms with E-state index in [9.17, 15) is 29.1 Å². The van der Waals surface area contributed by atoms with E-state index in [0.29, 0.717) is 6.42 Å². The number of benzene rings is 2. The summed E-state index contributed by atoms with van der Waals surface area (Å²) in [7, 11) is 0. The zero-order valence-corrected chi connectivity index (χ0v) is 23.6. The van der Waals surface area contributed by atoms with Crippen LogP contribution in [0.3, 0.4) is 0 Å². The molecule has 0 fully saturated rings. The van der Waals surface area contributed by atoms with E-state index in [0.717, 1.165) is 11.1 Å². The minimum atomic E-state index is -1.04. The monoisotopic (exact) mass is 568 g/mol. The Morgan fingerprint density at radius 2 is 1.37 bits per heavy atom. The molecule has 0 bridgehead atoms. The van der Waals surface area contributed by atoms with E-state index in [1.54, 1.807) is 36.4 Å². The van der Waals surface area contributed by atoms with Gasteiger partial charge in [-0.1, -0.05) is 56.3 Å². The zero-order chi connectivity index (χ0) is 30.5. The molecule has 41 heavy (non-hydrogen) atoms. The van der Waals surface area contributed by atoms with Crippen molar-refractivity contribution in [2.75, 3.05) is 6.54 Å². The first-order valence-corrected chi connectivity index (χ1v) is 13.4. The van der Waals surface area contributed by atoms with Crippen molar-refractivity contribution in [1.82, 2.24) is 21.3 Å². The van der Waals surface area contributed by atoms with Crippen LogP contribution in [0.2, 0.25) is 0 Å². The molecule has 12 heteroatoms. The average molecular weight is 569 g/mol. The number of carbonyl (C=O) groups excluding carboxylic acids is 5. The summed E-state index contributed by atoms with van der Waals surface area (Å²) in [5, 5.41) is 19.5. The lowest BCUT2D eigenvalue weighted by molar-refractivity contribution is -0.132. The Morgan fingerprint density at radius 1 is 0.756 bits per heavy atom. The lowest BCUT2D eigenvalue weighted by Crippen LogP contribution is -2.56. The number of primary amides is 1. The third kappa shape index (κ3) is 11.7. The average Bonchev–Trinajstić information content (AvgIpc) is 2.92. The maximum absolute atomic E-state index is 13.1. The highest BCUT2D eigenvalue weighted by atomic mass is 16.3. The Hall–Kier alpha value is -4.45. The number of amides is 5. The molecule has 2 aromatic carbocycles. The number of carbonyl (C=O) groups is 5. The molecule has 0 aliphatic heterocycles. The summed E-state index contributed by atoms with van der Waals surface area (Å²) in [6, 6.07) is 11.4. The second kappa shape index (κ2) is 16.0. The van der Waals surface area contributed by atoms with Gasteiger partial charge in [0, 0.05) is 6.42 Å². The largest absolute Gasteiger partial charge is 0.508 e. The van der Waals surface area contributed by atoms with Gasteiger partial charge in [0.15, 0.2) is 0 Å². The molecule has 2 aromatic rings. The predicted molar refractivity (Wildman–Crippen MR) is 153 cm³/mol. The number of phenolic OH excluding ortho intramolecular Hbond substituents is 1. The highest BCUT2D eigenvalue weighted by Crippen LogP contribution is 2.11. The van der Waals surface area contributed by atoms with Crippen molar-refractivity contribution in [2.24, 2.45) is 17.4 Å². The van der Waals surface area contributed by atoms with Crippen LogP contribution in [-0.4, -0.2) is 65.4 Å². The first-order valence-electron chi connectivity index (χ1n) is 13.4. The topological polar surface area (TPSA) is 206 Å². The number of hydrogen-bond donors (Lipinski definition) is 7. The van der Waals surface area contributed by atoms with E-state index < -0.39 is 60.2 Å².